The molecule has 1 aliphatic rings. The van der Waals surface area contributed by atoms with E-state index in [0.29, 0.717) is 38.4 Å². The maximum absolute atomic E-state index is 12.5. The van der Waals surface area contributed by atoms with E-state index in [9.17, 15) is 21.6 Å². The minimum atomic E-state index is -4.32. The van der Waals surface area contributed by atoms with Gasteiger partial charge in [-0.15, -0.1) is 0 Å². The van der Waals surface area contributed by atoms with Crippen molar-refractivity contribution in [1.82, 2.24) is 10.6 Å². The third-order valence-corrected chi connectivity index (χ3v) is 6.00. The van der Waals surface area contributed by atoms with Crippen LogP contribution in [-0.2, 0) is 22.4 Å². The number of nitrogens with zero attached hydrogens (tertiary/aromatic N) is 1. The topological polar surface area (TPSA) is 70.6 Å². The van der Waals surface area contributed by atoms with Gasteiger partial charge in [0.15, 0.2) is 15.8 Å². The van der Waals surface area contributed by atoms with Gasteiger partial charge in [0.2, 0.25) is 0 Å². The summed E-state index contributed by atoms with van der Waals surface area (Å²) in [6.07, 6.45) is -3.13. The lowest BCUT2D eigenvalue weighted by Gasteiger charge is -2.13. The third-order valence-electron chi connectivity index (χ3n) is 4.17. The van der Waals surface area contributed by atoms with Crippen molar-refractivity contribution < 1.29 is 21.6 Å². The Morgan fingerprint density at radius 2 is 1.92 bits per heavy atom. The van der Waals surface area contributed by atoms with E-state index in [1.54, 1.807) is 0 Å². The second-order valence-corrected chi connectivity index (χ2v) is 8.59. The summed E-state index contributed by atoms with van der Waals surface area (Å²) >= 11 is 0. The Bertz CT molecular complexity index is 716. The molecule has 1 aliphatic heterocycles. The van der Waals surface area contributed by atoms with E-state index in [2.05, 4.69) is 15.6 Å². The number of alkyl halides is 3. The lowest BCUT2D eigenvalue weighted by atomic mass is 10.1. The van der Waals surface area contributed by atoms with Gasteiger partial charge in [0.1, 0.15) is 0 Å². The monoisotopic (exact) mass is 391 g/mol. The molecule has 2 N–H and O–H groups in total. The number of guanidine groups is 1. The Hall–Kier alpha value is -1.77. The van der Waals surface area contributed by atoms with E-state index in [1.807, 2.05) is 6.92 Å². The summed E-state index contributed by atoms with van der Waals surface area (Å²) in [7, 11) is -2.91. The summed E-state index contributed by atoms with van der Waals surface area (Å²) in [5.41, 5.74) is 0.138. The highest BCUT2D eigenvalue weighted by Crippen LogP contribution is 2.29. The van der Waals surface area contributed by atoms with Crippen LogP contribution in [0.1, 0.15) is 24.5 Å². The molecule has 146 valence electrons. The zero-order valence-corrected chi connectivity index (χ0v) is 15.5. The molecule has 0 spiro atoms. The van der Waals surface area contributed by atoms with Gasteiger partial charge in [-0.3, -0.25) is 4.99 Å². The molecule has 1 aromatic carbocycles. The summed E-state index contributed by atoms with van der Waals surface area (Å²) in [4.78, 5) is 4.42. The Balaban J connectivity index is 1.83. The van der Waals surface area contributed by atoms with Crippen LogP contribution in [0.3, 0.4) is 0 Å². The van der Waals surface area contributed by atoms with Crippen LogP contribution in [0.25, 0.3) is 0 Å². The molecule has 1 unspecified atom stereocenters. The Labute approximate surface area is 152 Å². The number of halogens is 3. The van der Waals surface area contributed by atoms with Crippen molar-refractivity contribution in [3.63, 3.8) is 0 Å². The minimum Gasteiger partial charge on any atom is -0.357 e. The van der Waals surface area contributed by atoms with Gasteiger partial charge in [-0.2, -0.15) is 13.2 Å². The number of hydrogen-bond acceptors (Lipinski definition) is 3. The van der Waals surface area contributed by atoms with Crippen molar-refractivity contribution in [3.8, 4) is 0 Å². The smallest absolute Gasteiger partial charge is 0.357 e. The highest BCUT2D eigenvalue weighted by molar-refractivity contribution is 7.91. The number of hydrogen-bond donors (Lipinski definition) is 2. The normalized spacial score (nSPS) is 20.2. The van der Waals surface area contributed by atoms with Crippen LogP contribution < -0.4 is 10.6 Å². The van der Waals surface area contributed by atoms with E-state index in [-0.39, 0.29) is 17.4 Å². The second-order valence-electron chi connectivity index (χ2n) is 6.36. The van der Waals surface area contributed by atoms with Crippen molar-refractivity contribution in [2.45, 2.75) is 25.9 Å². The van der Waals surface area contributed by atoms with Gasteiger partial charge in [-0.05, 0) is 43.4 Å². The predicted molar refractivity (Wildman–Crippen MR) is 95.9 cm³/mol. The molecule has 0 aromatic heterocycles. The summed E-state index contributed by atoms with van der Waals surface area (Å²) in [6, 6.07) is 5.10. The Morgan fingerprint density at radius 1 is 1.23 bits per heavy atom. The van der Waals surface area contributed by atoms with Crippen LogP contribution in [0.4, 0.5) is 13.2 Å². The average Bonchev–Trinajstić information content (AvgIpc) is 2.91. The fraction of sp³-hybridized carbons (Fsp3) is 0.588. The van der Waals surface area contributed by atoms with Crippen LogP contribution in [0.5, 0.6) is 0 Å². The molecular weight excluding hydrogens is 367 g/mol. The number of benzene rings is 1. The molecule has 5 nitrogen and oxygen atoms in total. The molecule has 0 aliphatic carbocycles. The lowest BCUT2D eigenvalue weighted by Crippen LogP contribution is -2.38. The van der Waals surface area contributed by atoms with E-state index >= 15 is 0 Å². The summed E-state index contributed by atoms with van der Waals surface area (Å²) < 4.78 is 60.6. The summed E-state index contributed by atoms with van der Waals surface area (Å²) in [5, 5.41) is 6.21. The third kappa shape index (κ3) is 6.51. The SMILES string of the molecule is CCNC(=NCC1CCS(=O)(=O)C1)NCCc1ccc(C(F)(F)F)cc1. The Kier molecular flexibility index (Phi) is 6.91. The summed E-state index contributed by atoms with van der Waals surface area (Å²) in [5.74, 6) is 1.04. The first kappa shape index (κ1) is 20.5. The van der Waals surface area contributed by atoms with Crippen LogP contribution in [0.15, 0.2) is 29.3 Å². The molecule has 1 atom stereocenters. The molecule has 2 rings (SSSR count). The lowest BCUT2D eigenvalue weighted by molar-refractivity contribution is -0.137. The van der Waals surface area contributed by atoms with E-state index < -0.39 is 21.6 Å². The number of rotatable bonds is 6. The molecule has 0 bridgehead atoms. The van der Waals surface area contributed by atoms with Gasteiger partial charge in [-0.25, -0.2) is 8.42 Å². The summed E-state index contributed by atoms with van der Waals surface area (Å²) in [6.45, 7) is 3.54. The second kappa shape index (κ2) is 8.75. The van der Waals surface area contributed by atoms with Gasteiger partial charge in [0.05, 0.1) is 17.1 Å². The van der Waals surface area contributed by atoms with Gasteiger partial charge >= 0.3 is 6.18 Å². The number of sulfone groups is 1. The number of aliphatic imine (C=N–C) groups is 1. The average molecular weight is 391 g/mol. The Morgan fingerprint density at radius 3 is 2.46 bits per heavy atom. The maximum Gasteiger partial charge on any atom is 0.416 e. The molecule has 0 radical (unpaired) electrons. The van der Waals surface area contributed by atoms with Gasteiger partial charge < -0.3 is 10.6 Å². The first-order valence-corrected chi connectivity index (χ1v) is 10.4. The van der Waals surface area contributed by atoms with Crippen molar-refractivity contribution in [2.75, 3.05) is 31.1 Å². The van der Waals surface area contributed by atoms with Crippen LogP contribution in [-0.4, -0.2) is 45.5 Å². The molecule has 1 saturated heterocycles. The van der Waals surface area contributed by atoms with Gasteiger partial charge in [0, 0.05) is 19.6 Å². The van der Waals surface area contributed by atoms with E-state index in [4.69, 9.17) is 0 Å². The molecule has 0 amide bonds. The standard InChI is InChI=1S/C17H24F3N3O2S/c1-2-21-16(23-11-14-8-10-26(24,25)12-14)22-9-7-13-3-5-15(6-4-13)17(18,19)20/h3-6,14H,2,7-12H2,1H3,(H2,21,22,23). The van der Waals surface area contributed by atoms with Crippen molar-refractivity contribution in [2.24, 2.45) is 10.9 Å². The molecule has 0 saturated carbocycles. The zero-order valence-electron chi connectivity index (χ0n) is 14.6. The minimum absolute atomic E-state index is 0.0466. The van der Waals surface area contributed by atoms with E-state index in [1.165, 1.54) is 12.1 Å². The molecule has 1 aromatic rings. The highest BCUT2D eigenvalue weighted by atomic mass is 32.2. The largest absolute Gasteiger partial charge is 0.416 e. The molecular formula is C17H24F3N3O2S. The first-order chi connectivity index (χ1) is 12.2. The van der Waals surface area contributed by atoms with Gasteiger partial charge in [0.25, 0.3) is 0 Å². The predicted octanol–water partition coefficient (Wildman–Crippen LogP) is 2.24. The van der Waals surface area contributed by atoms with Crippen LogP contribution in [0, 0.1) is 5.92 Å². The molecule has 26 heavy (non-hydrogen) atoms. The van der Waals surface area contributed by atoms with Gasteiger partial charge in [-0.1, -0.05) is 12.1 Å². The van der Waals surface area contributed by atoms with Crippen molar-refractivity contribution >= 4 is 15.8 Å². The number of nitrogens with one attached hydrogen (secondary N) is 2. The quantitative estimate of drug-likeness (QED) is 0.576. The molecule has 1 heterocycles. The van der Waals surface area contributed by atoms with Crippen molar-refractivity contribution in [1.29, 1.82) is 0 Å². The molecule has 9 heteroatoms. The van der Waals surface area contributed by atoms with Crippen molar-refractivity contribution in [3.05, 3.63) is 35.4 Å². The van der Waals surface area contributed by atoms with E-state index in [0.717, 1.165) is 17.7 Å². The van der Waals surface area contributed by atoms with Crippen LogP contribution in [0.2, 0.25) is 0 Å². The maximum atomic E-state index is 12.5. The fourth-order valence-electron chi connectivity index (χ4n) is 2.76. The molecule has 1 fully saturated rings. The van der Waals surface area contributed by atoms with Crippen LogP contribution >= 0.6 is 0 Å². The zero-order chi connectivity index (χ0) is 19.2. The highest BCUT2D eigenvalue weighted by Gasteiger charge is 2.30. The first-order valence-electron chi connectivity index (χ1n) is 8.58. The fourth-order valence-corrected chi connectivity index (χ4v) is 4.61.